The van der Waals surface area contributed by atoms with Gasteiger partial charge in [0.05, 0.1) is 6.42 Å². The highest BCUT2D eigenvalue weighted by Crippen LogP contribution is 2.32. The Kier molecular flexibility index (Phi) is 2.75. The molecule has 1 aromatic rings. The Morgan fingerprint density at radius 2 is 2.11 bits per heavy atom. The van der Waals surface area contributed by atoms with Crippen LogP contribution in [0.15, 0.2) is 24.3 Å². The van der Waals surface area contributed by atoms with Crippen LogP contribution in [0.3, 0.4) is 0 Å². The lowest BCUT2D eigenvalue weighted by Crippen LogP contribution is -2.36. The van der Waals surface area contributed by atoms with E-state index in [0.717, 1.165) is 24.1 Å². The van der Waals surface area contributed by atoms with Crippen LogP contribution in [0.25, 0.3) is 0 Å². The van der Waals surface area contributed by atoms with E-state index in [1.165, 1.54) is 4.90 Å². The smallest absolute Gasteiger partial charge is 0.252 e. The van der Waals surface area contributed by atoms with Gasteiger partial charge in [-0.2, -0.15) is 0 Å². The van der Waals surface area contributed by atoms with E-state index in [1.807, 2.05) is 18.2 Å². The number of hydrogen-bond acceptors (Lipinski definition) is 3. The van der Waals surface area contributed by atoms with Crippen LogP contribution in [0.1, 0.15) is 24.8 Å². The van der Waals surface area contributed by atoms with E-state index >= 15 is 0 Å². The molecule has 4 heteroatoms. The van der Waals surface area contributed by atoms with Crippen LogP contribution < -0.4 is 5.32 Å². The molecule has 1 N–H and O–H groups in total. The number of benzene rings is 1. The first-order chi connectivity index (χ1) is 9.19. The molecule has 1 atom stereocenters. The zero-order valence-electron chi connectivity index (χ0n) is 10.4. The predicted molar refractivity (Wildman–Crippen MR) is 71.3 cm³/mol. The second kappa shape index (κ2) is 4.43. The van der Waals surface area contributed by atoms with Gasteiger partial charge < -0.3 is 5.32 Å². The minimum absolute atomic E-state index is 0.0712. The highest BCUT2D eigenvalue weighted by Gasteiger charge is 2.46. The van der Waals surface area contributed by atoms with Gasteiger partial charge in [-0.3, -0.25) is 14.5 Å². The van der Waals surface area contributed by atoms with Crippen LogP contribution in [0, 0.1) is 12.3 Å². The lowest BCUT2D eigenvalue weighted by Gasteiger charge is -2.15. The molecule has 0 bridgehead atoms. The van der Waals surface area contributed by atoms with Gasteiger partial charge in [-0.1, -0.05) is 12.0 Å². The van der Waals surface area contributed by atoms with Crippen molar-refractivity contribution in [1.29, 1.82) is 0 Å². The fraction of sp³-hybridized carbons (Fsp3) is 0.333. The fourth-order valence-electron chi connectivity index (χ4n) is 2.38. The Hall–Kier alpha value is -2.28. The lowest BCUT2D eigenvalue weighted by atomic mass is 10.2. The van der Waals surface area contributed by atoms with Gasteiger partial charge in [0, 0.05) is 17.3 Å². The van der Waals surface area contributed by atoms with Crippen molar-refractivity contribution < 1.29 is 9.59 Å². The van der Waals surface area contributed by atoms with Crippen LogP contribution in [-0.4, -0.2) is 28.8 Å². The summed E-state index contributed by atoms with van der Waals surface area (Å²) >= 11 is 0. The third kappa shape index (κ3) is 2.19. The van der Waals surface area contributed by atoms with Crippen molar-refractivity contribution in [3.8, 4) is 12.3 Å². The van der Waals surface area contributed by atoms with Crippen molar-refractivity contribution in [2.45, 2.75) is 31.3 Å². The van der Waals surface area contributed by atoms with E-state index in [4.69, 9.17) is 6.42 Å². The van der Waals surface area contributed by atoms with E-state index in [9.17, 15) is 9.59 Å². The number of likely N-dealkylation sites (tertiary alicyclic amines) is 1. The SMILES string of the molecule is C#Cc1cccc(NC2CC(=O)N(C3CC3)C2=O)c1. The molecule has 1 heterocycles. The summed E-state index contributed by atoms with van der Waals surface area (Å²) in [5, 5.41) is 3.10. The Labute approximate surface area is 111 Å². The minimum atomic E-state index is -0.457. The van der Waals surface area contributed by atoms with E-state index < -0.39 is 6.04 Å². The molecular weight excluding hydrogens is 240 g/mol. The van der Waals surface area contributed by atoms with Crippen LogP contribution in [-0.2, 0) is 9.59 Å². The van der Waals surface area contributed by atoms with Crippen LogP contribution >= 0.6 is 0 Å². The monoisotopic (exact) mass is 254 g/mol. The van der Waals surface area contributed by atoms with Gasteiger partial charge in [-0.05, 0) is 31.0 Å². The molecule has 0 spiro atoms. The molecule has 1 aromatic carbocycles. The molecule has 4 nitrogen and oxygen atoms in total. The Balaban J connectivity index is 1.75. The van der Waals surface area contributed by atoms with Crippen molar-refractivity contribution in [2.24, 2.45) is 0 Å². The van der Waals surface area contributed by atoms with Gasteiger partial charge in [-0.25, -0.2) is 0 Å². The number of nitrogens with zero attached hydrogens (tertiary/aromatic N) is 1. The van der Waals surface area contributed by atoms with Crippen molar-refractivity contribution in [3.63, 3.8) is 0 Å². The third-order valence-corrected chi connectivity index (χ3v) is 3.47. The van der Waals surface area contributed by atoms with E-state index in [2.05, 4.69) is 11.2 Å². The first kappa shape index (κ1) is 11.8. The number of hydrogen-bond donors (Lipinski definition) is 1. The number of terminal acetylenes is 1. The highest BCUT2D eigenvalue weighted by molar-refractivity contribution is 6.07. The maximum atomic E-state index is 12.2. The van der Waals surface area contributed by atoms with Crippen molar-refractivity contribution in [3.05, 3.63) is 29.8 Å². The molecule has 1 unspecified atom stereocenters. The summed E-state index contributed by atoms with van der Waals surface area (Å²) in [5.41, 5.74) is 1.53. The maximum absolute atomic E-state index is 12.2. The standard InChI is InChI=1S/C15H14N2O2/c1-2-10-4-3-5-11(8-10)16-13-9-14(18)17(15(13)19)12-6-7-12/h1,3-5,8,12-13,16H,6-7,9H2. The normalized spacial score (nSPS) is 22.5. The van der Waals surface area contributed by atoms with Gasteiger partial charge in [0.2, 0.25) is 5.91 Å². The zero-order chi connectivity index (χ0) is 13.4. The van der Waals surface area contributed by atoms with Crippen LogP contribution in [0.2, 0.25) is 0 Å². The molecule has 1 aliphatic heterocycles. The summed E-state index contributed by atoms with van der Waals surface area (Å²) < 4.78 is 0. The van der Waals surface area contributed by atoms with E-state index in [0.29, 0.717) is 0 Å². The molecule has 3 rings (SSSR count). The third-order valence-electron chi connectivity index (χ3n) is 3.47. The van der Waals surface area contributed by atoms with Crippen LogP contribution in [0.5, 0.6) is 0 Å². The van der Waals surface area contributed by atoms with Gasteiger partial charge in [0.25, 0.3) is 5.91 Å². The van der Waals surface area contributed by atoms with Crippen molar-refractivity contribution in [1.82, 2.24) is 4.90 Å². The summed E-state index contributed by atoms with van der Waals surface area (Å²) in [4.78, 5) is 25.4. The first-order valence-electron chi connectivity index (χ1n) is 6.38. The van der Waals surface area contributed by atoms with E-state index in [-0.39, 0.29) is 24.3 Å². The Morgan fingerprint density at radius 3 is 2.79 bits per heavy atom. The number of rotatable bonds is 3. The molecule has 0 radical (unpaired) electrons. The van der Waals surface area contributed by atoms with Gasteiger partial charge in [0.1, 0.15) is 6.04 Å². The molecule has 2 amide bonds. The fourth-order valence-corrected chi connectivity index (χ4v) is 2.38. The van der Waals surface area contributed by atoms with Gasteiger partial charge in [-0.15, -0.1) is 6.42 Å². The van der Waals surface area contributed by atoms with Gasteiger partial charge >= 0.3 is 0 Å². The zero-order valence-corrected chi connectivity index (χ0v) is 10.4. The second-order valence-electron chi connectivity index (χ2n) is 4.96. The summed E-state index contributed by atoms with van der Waals surface area (Å²) in [6.07, 6.45) is 7.45. The quantitative estimate of drug-likeness (QED) is 0.654. The van der Waals surface area contributed by atoms with Crippen molar-refractivity contribution in [2.75, 3.05) is 5.32 Å². The second-order valence-corrected chi connectivity index (χ2v) is 4.96. The minimum Gasteiger partial charge on any atom is -0.373 e. The average Bonchev–Trinajstić information content (AvgIpc) is 3.19. The van der Waals surface area contributed by atoms with Crippen molar-refractivity contribution >= 4 is 17.5 Å². The number of nitrogens with one attached hydrogen (secondary N) is 1. The molecule has 2 fully saturated rings. The molecular formula is C15H14N2O2. The average molecular weight is 254 g/mol. The largest absolute Gasteiger partial charge is 0.373 e. The molecule has 2 aliphatic rings. The number of amides is 2. The number of imide groups is 1. The number of carbonyl (C=O) groups is 2. The van der Waals surface area contributed by atoms with Gasteiger partial charge in [0.15, 0.2) is 0 Å². The summed E-state index contributed by atoms with van der Waals surface area (Å²) in [7, 11) is 0. The predicted octanol–water partition coefficient (Wildman–Crippen LogP) is 1.37. The molecule has 0 aromatic heterocycles. The summed E-state index contributed by atoms with van der Waals surface area (Å²) in [6, 6.07) is 6.99. The number of carbonyl (C=O) groups excluding carboxylic acids is 2. The molecule has 1 aliphatic carbocycles. The summed E-state index contributed by atoms with van der Waals surface area (Å²) in [6.45, 7) is 0. The van der Waals surface area contributed by atoms with E-state index in [1.54, 1.807) is 6.07 Å². The maximum Gasteiger partial charge on any atom is 0.252 e. The number of anilines is 1. The van der Waals surface area contributed by atoms with Crippen LogP contribution in [0.4, 0.5) is 5.69 Å². The Bertz CT molecular complexity index is 584. The Morgan fingerprint density at radius 1 is 1.32 bits per heavy atom. The molecule has 96 valence electrons. The molecule has 1 saturated carbocycles. The topological polar surface area (TPSA) is 49.4 Å². The molecule has 1 saturated heterocycles. The molecule has 19 heavy (non-hydrogen) atoms. The lowest BCUT2D eigenvalue weighted by molar-refractivity contribution is -0.139. The highest BCUT2D eigenvalue weighted by atomic mass is 16.2. The first-order valence-corrected chi connectivity index (χ1v) is 6.38. The summed E-state index contributed by atoms with van der Waals surface area (Å²) in [5.74, 6) is 2.36.